The normalized spacial score (nSPS) is 12.7. The summed E-state index contributed by atoms with van der Waals surface area (Å²) in [5.74, 6) is 0. The van der Waals surface area contributed by atoms with Crippen LogP contribution in [0.1, 0.15) is 43.3 Å². The van der Waals surface area contributed by atoms with E-state index in [9.17, 15) is 0 Å². The van der Waals surface area contributed by atoms with Crippen molar-refractivity contribution in [1.82, 2.24) is 15.0 Å². The number of hydrogen-bond donors (Lipinski definition) is 1. The third-order valence-electron chi connectivity index (χ3n) is 3.20. The van der Waals surface area contributed by atoms with Gasteiger partial charge in [-0.1, -0.05) is 36.8 Å². The Balaban J connectivity index is 2.45. The van der Waals surface area contributed by atoms with Crippen LogP contribution in [0.3, 0.4) is 0 Å². The zero-order chi connectivity index (χ0) is 13.1. The second kappa shape index (κ2) is 5.31. The maximum Gasteiger partial charge on any atom is 0.103 e. The van der Waals surface area contributed by atoms with Crippen molar-refractivity contribution in [3.63, 3.8) is 0 Å². The molecule has 1 atom stereocenters. The van der Waals surface area contributed by atoms with Crippen molar-refractivity contribution in [2.24, 2.45) is 5.73 Å². The number of nitrogens with two attached hydrogens (primary N) is 1. The molecule has 0 aliphatic heterocycles. The second-order valence-electron chi connectivity index (χ2n) is 4.54. The Morgan fingerprint density at radius 1 is 1.22 bits per heavy atom. The summed E-state index contributed by atoms with van der Waals surface area (Å²) in [5, 5.41) is 8.49. The lowest BCUT2D eigenvalue weighted by atomic mass is 10.1. The molecule has 0 fully saturated rings. The number of benzene rings is 1. The van der Waals surface area contributed by atoms with E-state index in [0.29, 0.717) is 0 Å². The van der Waals surface area contributed by atoms with Crippen LogP contribution >= 0.6 is 0 Å². The fourth-order valence-electron chi connectivity index (χ4n) is 2.02. The van der Waals surface area contributed by atoms with E-state index in [4.69, 9.17) is 5.73 Å². The summed E-state index contributed by atoms with van der Waals surface area (Å²) in [7, 11) is 0. The Morgan fingerprint density at radius 2 is 1.89 bits per heavy atom. The molecule has 1 heterocycles. The van der Waals surface area contributed by atoms with Gasteiger partial charge in [-0.25, -0.2) is 4.68 Å². The Morgan fingerprint density at radius 3 is 2.44 bits per heavy atom. The third kappa shape index (κ3) is 2.29. The van der Waals surface area contributed by atoms with Crippen LogP contribution in [0, 0.1) is 6.92 Å². The van der Waals surface area contributed by atoms with Crippen molar-refractivity contribution in [2.45, 2.75) is 39.7 Å². The van der Waals surface area contributed by atoms with Crippen molar-refractivity contribution in [1.29, 1.82) is 0 Å². The van der Waals surface area contributed by atoms with Gasteiger partial charge < -0.3 is 5.73 Å². The highest BCUT2D eigenvalue weighted by molar-refractivity contribution is 5.36. The van der Waals surface area contributed by atoms with Gasteiger partial charge in [-0.2, -0.15) is 0 Å². The highest BCUT2D eigenvalue weighted by Crippen LogP contribution is 2.20. The molecule has 0 bridgehead atoms. The van der Waals surface area contributed by atoms with Crippen LogP contribution in [-0.4, -0.2) is 15.0 Å². The van der Waals surface area contributed by atoms with Crippen molar-refractivity contribution < 1.29 is 0 Å². The molecule has 0 saturated carbocycles. The average molecular weight is 244 g/mol. The molecule has 0 aliphatic rings. The molecular formula is C14H20N4. The maximum atomic E-state index is 6.07. The van der Waals surface area contributed by atoms with E-state index < -0.39 is 0 Å². The van der Waals surface area contributed by atoms with E-state index in [-0.39, 0.29) is 6.04 Å². The summed E-state index contributed by atoms with van der Waals surface area (Å²) in [6, 6.07) is 8.25. The van der Waals surface area contributed by atoms with Crippen LogP contribution in [0.25, 0.3) is 5.69 Å². The minimum atomic E-state index is -0.0286. The molecule has 0 saturated heterocycles. The van der Waals surface area contributed by atoms with Gasteiger partial charge in [0.05, 0.1) is 17.4 Å². The molecule has 96 valence electrons. The van der Waals surface area contributed by atoms with E-state index in [2.05, 4.69) is 55.3 Å². The number of nitrogens with zero attached hydrogens (tertiary/aromatic N) is 3. The van der Waals surface area contributed by atoms with Crippen LogP contribution in [0.4, 0.5) is 0 Å². The molecule has 4 nitrogen and oxygen atoms in total. The fourth-order valence-corrected chi connectivity index (χ4v) is 2.02. The average Bonchev–Trinajstić information content (AvgIpc) is 2.82. The highest BCUT2D eigenvalue weighted by Gasteiger charge is 2.17. The van der Waals surface area contributed by atoms with E-state index in [0.717, 1.165) is 29.9 Å². The van der Waals surface area contributed by atoms with Crippen molar-refractivity contribution >= 4 is 0 Å². The predicted molar refractivity (Wildman–Crippen MR) is 72.7 cm³/mol. The highest BCUT2D eigenvalue weighted by atomic mass is 15.4. The van der Waals surface area contributed by atoms with Gasteiger partial charge in [-0.05, 0) is 31.9 Å². The first kappa shape index (κ1) is 12.8. The van der Waals surface area contributed by atoms with Gasteiger partial charge in [-0.3, -0.25) is 0 Å². The van der Waals surface area contributed by atoms with Gasteiger partial charge in [0.25, 0.3) is 0 Å². The van der Waals surface area contributed by atoms with Gasteiger partial charge in [0.15, 0.2) is 0 Å². The van der Waals surface area contributed by atoms with Gasteiger partial charge in [0.2, 0.25) is 0 Å². The van der Waals surface area contributed by atoms with Gasteiger partial charge in [0.1, 0.15) is 5.69 Å². The molecule has 2 N–H and O–H groups in total. The first-order chi connectivity index (χ1) is 8.67. The minimum Gasteiger partial charge on any atom is -0.323 e. The summed E-state index contributed by atoms with van der Waals surface area (Å²) >= 11 is 0. The summed E-state index contributed by atoms with van der Waals surface area (Å²) in [4.78, 5) is 0. The molecular weight excluding hydrogens is 224 g/mol. The molecule has 0 aliphatic carbocycles. The van der Waals surface area contributed by atoms with E-state index >= 15 is 0 Å². The lowest BCUT2D eigenvalue weighted by Crippen LogP contribution is -2.12. The van der Waals surface area contributed by atoms with Gasteiger partial charge in [-0.15, -0.1) is 5.10 Å². The number of aryl methyl sites for hydroxylation is 1. The van der Waals surface area contributed by atoms with Crippen LogP contribution in [0.15, 0.2) is 24.3 Å². The van der Waals surface area contributed by atoms with Gasteiger partial charge >= 0.3 is 0 Å². The first-order valence-electron chi connectivity index (χ1n) is 6.44. The standard InChI is InChI=1S/C14H20N4/c1-4-12(15)14-13(5-2)18(17-16-14)11-8-6-10(3)7-9-11/h6-9,12H,4-5,15H2,1-3H3. The van der Waals surface area contributed by atoms with Crippen LogP contribution < -0.4 is 5.73 Å². The molecule has 0 amide bonds. The second-order valence-corrected chi connectivity index (χ2v) is 4.54. The maximum absolute atomic E-state index is 6.07. The molecule has 2 aromatic rings. The summed E-state index contributed by atoms with van der Waals surface area (Å²) in [6.45, 7) is 6.24. The monoisotopic (exact) mass is 244 g/mol. The molecule has 0 spiro atoms. The predicted octanol–water partition coefficient (Wildman–Crippen LogP) is 2.55. The lowest BCUT2D eigenvalue weighted by molar-refractivity contribution is 0.665. The van der Waals surface area contributed by atoms with Crippen molar-refractivity contribution in [2.75, 3.05) is 0 Å². The smallest absolute Gasteiger partial charge is 0.103 e. The zero-order valence-electron chi connectivity index (χ0n) is 11.2. The largest absolute Gasteiger partial charge is 0.323 e. The Hall–Kier alpha value is -1.68. The Bertz CT molecular complexity index is 513. The summed E-state index contributed by atoms with van der Waals surface area (Å²) in [6.07, 6.45) is 1.75. The minimum absolute atomic E-state index is 0.0286. The number of rotatable bonds is 4. The molecule has 18 heavy (non-hydrogen) atoms. The fraction of sp³-hybridized carbons (Fsp3) is 0.429. The lowest BCUT2D eigenvalue weighted by Gasteiger charge is -2.09. The molecule has 2 rings (SSSR count). The summed E-state index contributed by atoms with van der Waals surface area (Å²) < 4.78 is 1.89. The Kier molecular flexibility index (Phi) is 3.77. The molecule has 0 radical (unpaired) electrons. The van der Waals surface area contributed by atoms with E-state index in [1.807, 2.05) is 4.68 Å². The SMILES string of the molecule is CCc1c(C(N)CC)nnn1-c1ccc(C)cc1. The van der Waals surface area contributed by atoms with E-state index in [1.54, 1.807) is 0 Å². The molecule has 1 aromatic heterocycles. The van der Waals surface area contributed by atoms with Crippen molar-refractivity contribution in [3.05, 3.63) is 41.2 Å². The topological polar surface area (TPSA) is 56.7 Å². The number of hydrogen-bond acceptors (Lipinski definition) is 3. The quantitative estimate of drug-likeness (QED) is 0.899. The van der Waals surface area contributed by atoms with E-state index in [1.165, 1.54) is 5.56 Å². The molecule has 1 unspecified atom stereocenters. The Labute approximate surface area is 108 Å². The number of aromatic nitrogens is 3. The molecule has 1 aromatic carbocycles. The van der Waals surface area contributed by atoms with Crippen molar-refractivity contribution in [3.8, 4) is 5.69 Å². The summed E-state index contributed by atoms with van der Waals surface area (Å²) in [5.41, 5.74) is 10.4. The van der Waals surface area contributed by atoms with Crippen LogP contribution in [0.5, 0.6) is 0 Å². The van der Waals surface area contributed by atoms with Crippen LogP contribution in [-0.2, 0) is 6.42 Å². The van der Waals surface area contributed by atoms with Crippen LogP contribution in [0.2, 0.25) is 0 Å². The zero-order valence-corrected chi connectivity index (χ0v) is 11.2. The first-order valence-corrected chi connectivity index (χ1v) is 6.44. The molecule has 4 heteroatoms. The third-order valence-corrected chi connectivity index (χ3v) is 3.20. The van der Waals surface area contributed by atoms with Gasteiger partial charge in [0, 0.05) is 0 Å².